The first-order chi connectivity index (χ1) is 12.5. The van der Waals surface area contributed by atoms with Crippen LogP contribution in [0.25, 0.3) is 0 Å². The van der Waals surface area contributed by atoms with Crippen molar-refractivity contribution >= 4 is 5.97 Å². The van der Waals surface area contributed by atoms with E-state index in [0.717, 1.165) is 31.4 Å². The molecule has 0 saturated carbocycles. The van der Waals surface area contributed by atoms with E-state index in [4.69, 9.17) is 19.9 Å². The third kappa shape index (κ3) is 6.61. The molecule has 0 aromatic heterocycles. The largest absolute Gasteiger partial charge is 0.493 e. The van der Waals surface area contributed by atoms with Crippen molar-refractivity contribution in [1.82, 2.24) is 0 Å². The Bertz CT molecular complexity index is 561. The van der Waals surface area contributed by atoms with Crippen molar-refractivity contribution in [2.75, 3.05) is 20.3 Å². The van der Waals surface area contributed by atoms with E-state index in [1.807, 2.05) is 12.1 Å². The van der Waals surface area contributed by atoms with E-state index >= 15 is 0 Å². The number of methoxy groups -OCH3 is 1. The molecule has 0 amide bonds. The van der Waals surface area contributed by atoms with Crippen molar-refractivity contribution in [2.24, 2.45) is 17.6 Å². The number of rotatable bonds is 11. The van der Waals surface area contributed by atoms with Gasteiger partial charge in [0.05, 0.1) is 6.61 Å². The average molecular weight is 363 g/mol. The summed E-state index contributed by atoms with van der Waals surface area (Å²) in [7, 11) is 1.70. The lowest BCUT2D eigenvalue weighted by Gasteiger charge is -2.27. The molecule has 0 spiro atoms. The molecule has 5 heteroatoms. The molecular weight excluding hydrogens is 330 g/mol. The van der Waals surface area contributed by atoms with E-state index in [-0.39, 0.29) is 18.1 Å². The molecule has 1 aliphatic heterocycles. The van der Waals surface area contributed by atoms with Crippen molar-refractivity contribution in [2.45, 2.75) is 58.1 Å². The van der Waals surface area contributed by atoms with Crippen LogP contribution in [0.1, 0.15) is 45.1 Å². The number of carbonyl (C=O) groups excluding carboxylic acids is 1. The lowest BCUT2D eigenvalue weighted by Crippen LogP contribution is -2.37. The van der Waals surface area contributed by atoms with Gasteiger partial charge in [-0.2, -0.15) is 0 Å². The lowest BCUT2D eigenvalue weighted by atomic mass is 9.83. The molecule has 0 bridgehead atoms. The van der Waals surface area contributed by atoms with Gasteiger partial charge in [-0.1, -0.05) is 26.0 Å². The van der Waals surface area contributed by atoms with Crippen molar-refractivity contribution in [3.63, 3.8) is 0 Å². The van der Waals surface area contributed by atoms with Gasteiger partial charge in [-0.15, -0.1) is 0 Å². The highest BCUT2D eigenvalue weighted by atomic mass is 16.5. The molecule has 1 aliphatic rings. The van der Waals surface area contributed by atoms with Crippen molar-refractivity contribution in [3.05, 3.63) is 29.8 Å². The van der Waals surface area contributed by atoms with E-state index < -0.39 is 0 Å². The maximum absolute atomic E-state index is 11.3. The Morgan fingerprint density at radius 1 is 1.31 bits per heavy atom. The number of benzene rings is 1. The molecule has 0 radical (unpaired) electrons. The summed E-state index contributed by atoms with van der Waals surface area (Å²) in [6.45, 7) is 5.81. The average Bonchev–Trinajstić information content (AvgIpc) is 3.05. The Morgan fingerprint density at radius 3 is 2.77 bits per heavy atom. The van der Waals surface area contributed by atoms with Gasteiger partial charge in [-0.05, 0) is 48.8 Å². The fraction of sp³-hybridized carbons (Fsp3) is 0.667. The van der Waals surface area contributed by atoms with E-state index in [2.05, 4.69) is 26.0 Å². The van der Waals surface area contributed by atoms with E-state index in [9.17, 15) is 4.79 Å². The summed E-state index contributed by atoms with van der Waals surface area (Å²) in [5.41, 5.74) is 7.60. The SMILES string of the molecule is COCCCOc1cccc(CC(CC(N)C2CCC(=O)O2)C(C)C)c1. The number of ether oxygens (including phenoxy) is 3. The fourth-order valence-corrected chi connectivity index (χ4v) is 3.40. The molecule has 2 N–H and O–H groups in total. The second-order valence-corrected chi connectivity index (χ2v) is 7.52. The molecule has 0 aliphatic carbocycles. The molecule has 26 heavy (non-hydrogen) atoms. The highest BCUT2D eigenvalue weighted by molar-refractivity contribution is 5.71. The molecule has 1 fully saturated rings. The quantitative estimate of drug-likeness (QED) is 0.482. The molecule has 1 aromatic carbocycles. The van der Waals surface area contributed by atoms with Crippen LogP contribution in [0.4, 0.5) is 0 Å². The highest BCUT2D eigenvalue weighted by Crippen LogP contribution is 2.27. The minimum Gasteiger partial charge on any atom is -0.493 e. The zero-order valence-electron chi connectivity index (χ0n) is 16.3. The van der Waals surface area contributed by atoms with E-state index in [0.29, 0.717) is 31.5 Å². The zero-order valence-corrected chi connectivity index (χ0v) is 16.3. The Kier molecular flexibility index (Phi) is 8.39. The number of esters is 1. The van der Waals surface area contributed by atoms with Gasteiger partial charge in [0.2, 0.25) is 0 Å². The molecular formula is C21H33NO4. The summed E-state index contributed by atoms with van der Waals surface area (Å²) in [5, 5.41) is 0. The van der Waals surface area contributed by atoms with Crippen molar-refractivity contribution < 1.29 is 19.0 Å². The van der Waals surface area contributed by atoms with Crippen LogP contribution in [-0.2, 0) is 20.7 Å². The van der Waals surface area contributed by atoms with Gasteiger partial charge in [0.25, 0.3) is 0 Å². The van der Waals surface area contributed by atoms with Crippen LogP contribution in [0.5, 0.6) is 5.75 Å². The number of nitrogens with two attached hydrogens (primary N) is 1. The van der Waals surface area contributed by atoms with Crippen LogP contribution in [0.3, 0.4) is 0 Å². The molecule has 3 unspecified atom stereocenters. The Balaban J connectivity index is 1.91. The highest BCUT2D eigenvalue weighted by Gasteiger charge is 2.31. The monoisotopic (exact) mass is 363 g/mol. The Hall–Kier alpha value is -1.59. The Morgan fingerprint density at radius 2 is 2.12 bits per heavy atom. The standard InChI is InChI=1S/C21H33NO4/c1-15(2)17(14-19(22)20-8-9-21(23)26-20)12-16-6-4-7-18(13-16)25-11-5-10-24-3/h4,6-7,13,15,17,19-20H,5,8-12,14,22H2,1-3H3. The van der Waals surface area contributed by atoms with Crippen molar-refractivity contribution in [1.29, 1.82) is 0 Å². The molecule has 1 saturated heterocycles. The maximum atomic E-state index is 11.3. The topological polar surface area (TPSA) is 70.8 Å². The predicted octanol–water partition coefficient (Wildman–Crippen LogP) is 3.34. The van der Waals surface area contributed by atoms with Gasteiger partial charge in [0, 0.05) is 32.6 Å². The summed E-state index contributed by atoms with van der Waals surface area (Å²) < 4.78 is 16.2. The lowest BCUT2D eigenvalue weighted by molar-refractivity contribution is -0.142. The number of cyclic esters (lactones) is 1. The summed E-state index contributed by atoms with van der Waals surface area (Å²) in [4.78, 5) is 11.3. The molecule has 5 nitrogen and oxygen atoms in total. The van der Waals surface area contributed by atoms with Crippen LogP contribution in [0, 0.1) is 11.8 Å². The van der Waals surface area contributed by atoms with Gasteiger partial charge >= 0.3 is 5.97 Å². The van der Waals surface area contributed by atoms with E-state index in [1.54, 1.807) is 7.11 Å². The van der Waals surface area contributed by atoms with Gasteiger partial charge < -0.3 is 19.9 Å². The first-order valence-corrected chi connectivity index (χ1v) is 9.65. The molecule has 3 atom stereocenters. The number of hydrogen-bond donors (Lipinski definition) is 1. The minimum absolute atomic E-state index is 0.0951. The van der Waals surface area contributed by atoms with Gasteiger partial charge in [0.15, 0.2) is 0 Å². The van der Waals surface area contributed by atoms with Crippen LogP contribution < -0.4 is 10.5 Å². The third-order valence-electron chi connectivity index (χ3n) is 5.07. The summed E-state index contributed by atoms with van der Waals surface area (Å²) in [5.74, 6) is 1.72. The first-order valence-electron chi connectivity index (χ1n) is 9.65. The normalized spacial score (nSPS) is 19.4. The minimum atomic E-state index is -0.126. The third-order valence-corrected chi connectivity index (χ3v) is 5.07. The summed E-state index contributed by atoms with van der Waals surface area (Å²) in [6, 6.07) is 8.19. The zero-order chi connectivity index (χ0) is 18.9. The van der Waals surface area contributed by atoms with Crippen LogP contribution >= 0.6 is 0 Å². The number of carbonyl (C=O) groups is 1. The second kappa shape index (κ2) is 10.5. The molecule has 1 heterocycles. The Labute approximate surface area is 157 Å². The summed E-state index contributed by atoms with van der Waals surface area (Å²) in [6.07, 6.45) is 3.79. The number of hydrogen-bond acceptors (Lipinski definition) is 5. The second-order valence-electron chi connectivity index (χ2n) is 7.52. The van der Waals surface area contributed by atoms with E-state index in [1.165, 1.54) is 5.56 Å². The van der Waals surface area contributed by atoms with Gasteiger partial charge in [-0.25, -0.2) is 0 Å². The maximum Gasteiger partial charge on any atom is 0.306 e. The first kappa shape index (κ1) is 20.7. The van der Waals surface area contributed by atoms with Crippen LogP contribution in [-0.4, -0.2) is 38.4 Å². The molecule has 1 aromatic rings. The molecule has 146 valence electrons. The van der Waals surface area contributed by atoms with Gasteiger partial charge in [0.1, 0.15) is 11.9 Å². The molecule has 2 rings (SSSR count). The van der Waals surface area contributed by atoms with Crippen molar-refractivity contribution in [3.8, 4) is 5.75 Å². The van der Waals surface area contributed by atoms with Gasteiger partial charge in [-0.3, -0.25) is 4.79 Å². The smallest absolute Gasteiger partial charge is 0.306 e. The summed E-state index contributed by atoms with van der Waals surface area (Å²) >= 11 is 0. The predicted molar refractivity (Wildman–Crippen MR) is 102 cm³/mol. The van der Waals surface area contributed by atoms with Crippen LogP contribution in [0.15, 0.2) is 24.3 Å². The fourth-order valence-electron chi connectivity index (χ4n) is 3.40. The van der Waals surface area contributed by atoms with Crippen LogP contribution in [0.2, 0.25) is 0 Å².